The van der Waals surface area contributed by atoms with Crippen molar-refractivity contribution in [3.63, 3.8) is 0 Å². The molecule has 0 atom stereocenters. The summed E-state index contributed by atoms with van der Waals surface area (Å²) < 4.78 is 1.96. The van der Waals surface area contributed by atoms with E-state index in [2.05, 4.69) is 21.2 Å². The molecule has 0 radical (unpaired) electrons. The van der Waals surface area contributed by atoms with Gasteiger partial charge in [-0.2, -0.15) is 0 Å². The Labute approximate surface area is 144 Å². The van der Waals surface area contributed by atoms with Crippen molar-refractivity contribution in [2.24, 2.45) is 0 Å². The summed E-state index contributed by atoms with van der Waals surface area (Å²) in [6.07, 6.45) is 5.62. The number of hydrogen-bond acceptors (Lipinski definition) is 3. The van der Waals surface area contributed by atoms with Crippen molar-refractivity contribution in [1.29, 1.82) is 0 Å². The van der Waals surface area contributed by atoms with Crippen molar-refractivity contribution in [3.05, 3.63) is 72.1 Å². The van der Waals surface area contributed by atoms with Crippen molar-refractivity contribution in [2.75, 3.05) is 10.7 Å². The number of hydrazine groups is 1. The molecule has 3 rings (SSSR count). The summed E-state index contributed by atoms with van der Waals surface area (Å²) in [5, 5.41) is 4.16. The predicted octanol–water partition coefficient (Wildman–Crippen LogP) is 3.84. The van der Waals surface area contributed by atoms with Crippen LogP contribution in [0.4, 0.5) is 11.5 Å². The van der Waals surface area contributed by atoms with Gasteiger partial charge >= 0.3 is 0 Å². The lowest BCUT2D eigenvalue weighted by molar-refractivity contribution is 1.02. The molecule has 2 heterocycles. The first kappa shape index (κ1) is 15.3. The molecule has 0 spiro atoms. The van der Waals surface area contributed by atoms with Gasteiger partial charge in [0.1, 0.15) is 0 Å². The number of rotatable bonds is 4. The van der Waals surface area contributed by atoms with E-state index in [0.29, 0.717) is 16.0 Å². The molecule has 5 nitrogen and oxygen atoms in total. The van der Waals surface area contributed by atoms with Gasteiger partial charge in [0.2, 0.25) is 0 Å². The fourth-order valence-electron chi connectivity index (χ4n) is 2.01. The fraction of sp³-hybridized carbons (Fsp3) is 0. The lowest BCUT2D eigenvalue weighted by Crippen LogP contribution is -2.34. The largest absolute Gasteiger partial charge is 0.331 e. The van der Waals surface area contributed by atoms with Crippen molar-refractivity contribution < 1.29 is 0 Å². The van der Waals surface area contributed by atoms with Crippen LogP contribution in [0.15, 0.2) is 67.1 Å². The molecule has 0 bridgehead atoms. The number of thiocarbonyl (C=S) groups is 1. The maximum atomic E-state index is 5.86. The third-order valence-corrected chi connectivity index (χ3v) is 3.52. The molecule has 0 aliphatic heterocycles. The van der Waals surface area contributed by atoms with E-state index in [-0.39, 0.29) is 0 Å². The van der Waals surface area contributed by atoms with Gasteiger partial charge in [0.15, 0.2) is 10.9 Å². The van der Waals surface area contributed by atoms with Crippen molar-refractivity contribution in [2.45, 2.75) is 0 Å². The van der Waals surface area contributed by atoms with Crippen LogP contribution in [0, 0.1) is 0 Å². The zero-order valence-electron chi connectivity index (χ0n) is 12.0. The summed E-state index contributed by atoms with van der Waals surface area (Å²) in [5.74, 6) is 0.670. The molecular weight excluding hydrogens is 330 g/mol. The summed E-state index contributed by atoms with van der Waals surface area (Å²) >= 11 is 11.1. The number of nitrogens with zero attached hydrogens (tertiary/aromatic N) is 2. The molecule has 23 heavy (non-hydrogen) atoms. The average Bonchev–Trinajstić information content (AvgIpc) is 3.10. The Balaban J connectivity index is 1.64. The number of benzene rings is 1. The summed E-state index contributed by atoms with van der Waals surface area (Å²) in [6.45, 7) is 0. The van der Waals surface area contributed by atoms with E-state index in [4.69, 9.17) is 23.8 Å². The molecule has 3 aromatic rings. The number of pyridine rings is 1. The Morgan fingerprint density at radius 3 is 2.52 bits per heavy atom. The van der Waals surface area contributed by atoms with Crippen LogP contribution in [-0.2, 0) is 0 Å². The highest BCUT2D eigenvalue weighted by Crippen LogP contribution is 2.16. The molecule has 3 N–H and O–H groups in total. The smallest absolute Gasteiger partial charge is 0.189 e. The second-order valence-corrected chi connectivity index (χ2v) is 5.52. The average molecular weight is 344 g/mol. The predicted molar refractivity (Wildman–Crippen MR) is 98.0 cm³/mol. The Kier molecular flexibility index (Phi) is 4.75. The van der Waals surface area contributed by atoms with E-state index >= 15 is 0 Å². The zero-order valence-corrected chi connectivity index (χ0v) is 13.6. The number of nitrogens with one attached hydrogen (secondary N) is 3. The summed E-state index contributed by atoms with van der Waals surface area (Å²) in [4.78, 5) is 4.33. The van der Waals surface area contributed by atoms with Gasteiger partial charge in [-0.1, -0.05) is 11.6 Å². The number of halogens is 1. The van der Waals surface area contributed by atoms with Crippen molar-refractivity contribution in [3.8, 4) is 5.69 Å². The first-order valence-electron chi connectivity index (χ1n) is 6.89. The van der Waals surface area contributed by atoms with E-state index in [9.17, 15) is 0 Å². The third-order valence-electron chi connectivity index (χ3n) is 3.07. The number of anilines is 2. The van der Waals surface area contributed by atoms with Crippen LogP contribution in [0.25, 0.3) is 5.69 Å². The first-order chi connectivity index (χ1) is 11.2. The quantitative estimate of drug-likeness (QED) is 0.496. The monoisotopic (exact) mass is 343 g/mol. The molecule has 116 valence electrons. The normalized spacial score (nSPS) is 10.1. The van der Waals surface area contributed by atoms with Crippen LogP contribution in [0.2, 0.25) is 5.02 Å². The Bertz CT molecular complexity index is 786. The van der Waals surface area contributed by atoms with E-state index in [1.54, 1.807) is 18.3 Å². The van der Waals surface area contributed by atoms with Gasteiger partial charge in [0.05, 0.1) is 5.69 Å². The van der Waals surface area contributed by atoms with Gasteiger partial charge in [-0.25, -0.2) is 4.98 Å². The van der Waals surface area contributed by atoms with E-state index in [0.717, 1.165) is 11.4 Å². The van der Waals surface area contributed by atoms with Crippen LogP contribution in [-0.4, -0.2) is 14.7 Å². The van der Waals surface area contributed by atoms with Crippen LogP contribution in [0.3, 0.4) is 0 Å². The highest BCUT2D eigenvalue weighted by Gasteiger charge is 2.05. The van der Waals surface area contributed by atoms with Gasteiger partial charge in [0.25, 0.3) is 0 Å². The SMILES string of the molecule is S=C(NNc1ncccc1-n1cccc1)Nc1ccc(Cl)cc1. The second kappa shape index (κ2) is 7.13. The zero-order chi connectivity index (χ0) is 16.1. The van der Waals surface area contributed by atoms with E-state index < -0.39 is 0 Å². The molecule has 0 saturated carbocycles. The standard InChI is InChI=1S/C16H14ClN5S/c17-12-5-7-13(8-6-12)19-16(23)21-20-15-14(4-3-9-18-15)22-10-1-2-11-22/h1-11H,(H,18,20)(H2,19,21,23). The third kappa shape index (κ3) is 4.00. The van der Waals surface area contributed by atoms with Gasteiger partial charge in [0, 0.05) is 29.3 Å². The number of aromatic nitrogens is 2. The van der Waals surface area contributed by atoms with Crippen LogP contribution in [0.1, 0.15) is 0 Å². The van der Waals surface area contributed by atoms with E-state index in [1.807, 2.05) is 53.4 Å². The van der Waals surface area contributed by atoms with Crippen LogP contribution < -0.4 is 16.2 Å². The minimum Gasteiger partial charge on any atom is -0.331 e. The van der Waals surface area contributed by atoms with Gasteiger partial charge in [-0.3, -0.25) is 10.9 Å². The molecule has 0 unspecified atom stereocenters. The summed E-state index contributed by atoms with van der Waals surface area (Å²) in [5.41, 5.74) is 7.71. The maximum Gasteiger partial charge on any atom is 0.189 e. The molecule has 0 aliphatic carbocycles. The molecular formula is C16H14ClN5S. The van der Waals surface area contributed by atoms with Crippen molar-refractivity contribution in [1.82, 2.24) is 15.0 Å². The van der Waals surface area contributed by atoms with Crippen LogP contribution in [0.5, 0.6) is 0 Å². The van der Waals surface area contributed by atoms with Gasteiger partial charge in [-0.05, 0) is 60.7 Å². The number of hydrogen-bond donors (Lipinski definition) is 3. The lowest BCUT2D eigenvalue weighted by Gasteiger charge is -2.15. The Hall–Kier alpha value is -2.57. The molecule has 0 saturated heterocycles. The molecule has 2 aromatic heterocycles. The summed E-state index contributed by atoms with van der Waals surface area (Å²) in [7, 11) is 0. The van der Waals surface area contributed by atoms with Gasteiger partial charge in [-0.15, -0.1) is 0 Å². The van der Waals surface area contributed by atoms with Crippen LogP contribution >= 0.6 is 23.8 Å². The molecule has 0 aliphatic rings. The Morgan fingerprint density at radius 2 is 1.78 bits per heavy atom. The summed E-state index contributed by atoms with van der Waals surface area (Å²) in [6, 6.07) is 15.0. The van der Waals surface area contributed by atoms with Gasteiger partial charge < -0.3 is 9.88 Å². The highest BCUT2D eigenvalue weighted by atomic mass is 35.5. The van der Waals surface area contributed by atoms with E-state index in [1.165, 1.54) is 0 Å². The Morgan fingerprint density at radius 1 is 1.04 bits per heavy atom. The maximum absolute atomic E-state index is 5.86. The molecule has 7 heteroatoms. The molecule has 0 amide bonds. The minimum absolute atomic E-state index is 0.427. The molecule has 1 aromatic carbocycles. The minimum atomic E-state index is 0.427. The highest BCUT2D eigenvalue weighted by molar-refractivity contribution is 7.80. The first-order valence-corrected chi connectivity index (χ1v) is 7.68. The topological polar surface area (TPSA) is 53.9 Å². The van der Waals surface area contributed by atoms with Crippen molar-refractivity contribution >= 4 is 40.4 Å². The lowest BCUT2D eigenvalue weighted by atomic mass is 10.3. The fourth-order valence-corrected chi connectivity index (χ4v) is 2.30. The second-order valence-electron chi connectivity index (χ2n) is 4.67. The molecule has 0 fully saturated rings.